The van der Waals surface area contributed by atoms with Gasteiger partial charge in [-0.15, -0.1) is 0 Å². The second-order valence-electron chi connectivity index (χ2n) is 10.4. The topological polar surface area (TPSA) is 93.7 Å². The molecule has 2 aliphatic rings. The molecule has 1 spiro atoms. The van der Waals surface area contributed by atoms with Crippen LogP contribution in [0.3, 0.4) is 0 Å². The number of Topliss-reactive ketones (excluding diaryl/α,β-unsaturated/α-hetero) is 1. The Morgan fingerprint density at radius 2 is 1.72 bits per heavy atom. The molecule has 0 atom stereocenters. The van der Waals surface area contributed by atoms with Crippen molar-refractivity contribution in [2.75, 3.05) is 18.4 Å². The number of nitrogens with one attached hydrogen (secondary N) is 2. The van der Waals surface area contributed by atoms with Crippen molar-refractivity contribution in [3.8, 4) is 0 Å². The smallest absolute Gasteiger partial charge is 0.309 e. The van der Waals surface area contributed by atoms with Crippen LogP contribution in [-0.4, -0.2) is 30.8 Å². The molecule has 2 aliphatic heterocycles. The molecule has 0 unspecified atom stereocenters. The molecule has 0 bridgehead atoms. The predicted molar refractivity (Wildman–Crippen MR) is 138 cm³/mol. The van der Waals surface area contributed by atoms with Crippen LogP contribution in [0.1, 0.15) is 67.1 Å². The zero-order valence-corrected chi connectivity index (χ0v) is 22.1. The van der Waals surface area contributed by atoms with Gasteiger partial charge in [-0.25, -0.2) is 0 Å². The van der Waals surface area contributed by atoms with Gasteiger partial charge in [0.15, 0.2) is 5.78 Å². The maximum atomic E-state index is 12.6. The van der Waals surface area contributed by atoms with Crippen LogP contribution in [0.5, 0.6) is 0 Å². The van der Waals surface area contributed by atoms with E-state index in [2.05, 4.69) is 10.6 Å². The number of ether oxygens (including phenoxy) is 2. The molecule has 7 nitrogen and oxygen atoms in total. The lowest BCUT2D eigenvalue weighted by Crippen LogP contribution is -2.43. The Labute approximate surface area is 220 Å². The molecule has 0 saturated carbocycles. The molecule has 2 N–H and O–H groups in total. The summed E-state index contributed by atoms with van der Waals surface area (Å²) in [5.74, 6) is -2.52. The first-order valence-corrected chi connectivity index (χ1v) is 12.7. The summed E-state index contributed by atoms with van der Waals surface area (Å²) in [6.45, 7) is 7.16. The fraction of sp³-hybridized carbons (Fsp3) is 0.444. The van der Waals surface area contributed by atoms with Gasteiger partial charge in [-0.3, -0.25) is 14.4 Å². The van der Waals surface area contributed by atoms with Crippen LogP contribution in [0.4, 0.5) is 5.69 Å². The first-order valence-electron chi connectivity index (χ1n) is 12.0. The number of ketones is 1. The number of halogens is 2. The van der Waals surface area contributed by atoms with Gasteiger partial charge in [0, 0.05) is 24.1 Å². The van der Waals surface area contributed by atoms with E-state index in [1.165, 1.54) is 0 Å². The number of fused-ring (bicyclic) bond motifs is 2. The second-order valence-corrected chi connectivity index (χ2v) is 11.2. The van der Waals surface area contributed by atoms with E-state index in [1.54, 1.807) is 24.3 Å². The number of hydrogen-bond acceptors (Lipinski definition) is 7. The van der Waals surface area contributed by atoms with E-state index in [0.717, 1.165) is 11.1 Å². The van der Waals surface area contributed by atoms with Crippen molar-refractivity contribution in [1.29, 1.82) is 0 Å². The highest BCUT2D eigenvalue weighted by Crippen LogP contribution is 2.40. The van der Waals surface area contributed by atoms with E-state index < -0.39 is 17.7 Å². The van der Waals surface area contributed by atoms with Crippen molar-refractivity contribution >= 4 is 46.6 Å². The molecule has 0 amide bonds. The molecule has 0 aromatic heterocycles. The number of carbonyl (C=O) groups is 3. The number of rotatable bonds is 5. The highest BCUT2D eigenvalue weighted by atomic mass is 35.5. The Kier molecular flexibility index (Phi) is 7.64. The lowest BCUT2D eigenvalue weighted by atomic mass is 9.87. The third-order valence-electron chi connectivity index (χ3n) is 6.17. The van der Waals surface area contributed by atoms with Gasteiger partial charge < -0.3 is 20.1 Å². The van der Waals surface area contributed by atoms with E-state index in [-0.39, 0.29) is 30.6 Å². The van der Waals surface area contributed by atoms with Crippen LogP contribution in [0.15, 0.2) is 30.3 Å². The lowest BCUT2D eigenvalue weighted by Gasteiger charge is -2.32. The molecule has 2 heterocycles. The van der Waals surface area contributed by atoms with Crippen LogP contribution in [-0.2, 0) is 37.8 Å². The second kappa shape index (κ2) is 10.4. The first-order chi connectivity index (χ1) is 17.0. The fourth-order valence-electron chi connectivity index (χ4n) is 4.53. The summed E-state index contributed by atoms with van der Waals surface area (Å²) in [6.07, 6.45) is 0.935. The minimum absolute atomic E-state index is 0.00808. The molecular formula is C27H30Cl2N2O5. The number of carbonyl (C=O) groups excluding carboxylic acids is 3. The Hall–Kier alpha value is -2.61. The average Bonchev–Trinajstić information content (AvgIpc) is 3.04. The van der Waals surface area contributed by atoms with Crippen LogP contribution in [0, 0.1) is 5.41 Å². The highest BCUT2D eigenvalue weighted by molar-refractivity contribution is 6.34. The average molecular weight is 533 g/mol. The van der Waals surface area contributed by atoms with Crippen molar-refractivity contribution < 1.29 is 23.9 Å². The summed E-state index contributed by atoms with van der Waals surface area (Å²) in [6, 6.07) is 8.84. The third-order valence-corrected chi connectivity index (χ3v) is 6.79. The minimum Gasteiger partial charge on any atom is -0.416 e. The molecule has 9 heteroatoms. The van der Waals surface area contributed by atoms with Crippen molar-refractivity contribution in [3.05, 3.63) is 62.6 Å². The Balaban J connectivity index is 1.61. The van der Waals surface area contributed by atoms with Gasteiger partial charge >= 0.3 is 11.9 Å². The van der Waals surface area contributed by atoms with Crippen molar-refractivity contribution in [2.24, 2.45) is 5.41 Å². The zero-order chi connectivity index (χ0) is 26.1. The number of benzene rings is 2. The zero-order valence-electron chi connectivity index (χ0n) is 20.6. The van der Waals surface area contributed by atoms with Crippen molar-refractivity contribution in [3.63, 3.8) is 0 Å². The van der Waals surface area contributed by atoms with E-state index in [0.29, 0.717) is 52.8 Å². The van der Waals surface area contributed by atoms with Crippen LogP contribution in [0.25, 0.3) is 0 Å². The molecular weight excluding hydrogens is 503 g/mol. The third kappa shape index (κ3) is 5.85. The lowest BCUT2D eigenvalue weighted by molar-refractivity contribution is -0.225. The normalized spacial score (nSPS) is 17.5. The summed E-state index contributed by atoms with van der Waals surface area (Å²) in [5.41, 5.74) is 3.30. The molecule has 1 saturated heterocycles. The monoisotopic (exact) mass is 532 g/mol. The molecule has 1 fully saturated rings. The number of anilines is 1. The van der Waals surface area contributed by atoms with Crippen LogP contribution < -0.4 is 10.6 Å². The summed E-state index contributed by atoms with van der Waals surface area (Å²) in [7, 11) is 0. The van der Waals surface area contributed by atoms with E-state index in [9.17, 15) is 14.4 Å². The Bertz CT molecular complexity index is 1190. The van der Waals surface area contributed by atoms with E-state index in [4.69, 9.17) is 32.7 Å². The largest absolute Gasteiger partial charge is 0.416 e. The van der Waals surface area contributed by atoms with Gasteiger partial charge in [-0.1, -0.05) is 50.0 Å². The minimum atomic E-state index is -1.55. The summed E-state index contributed by atoms with van der Waals surface area (Å²) >= 11 is 13.1. The van der Waals surface area contributed by atoms with Gasteiger partial charge in [0.1, 0.15) is 0 Å². The van der Waals surface area contributed by atoms with Gasteiger partial charge in [-0.05, 0) is 53.8 Å². The van der Waals surface area contributed by atoms with Gasteiger partial charge in [0.05, 0.1) is 35.1 Å². The molecule has 192 valence electrons. The molecule has 2 aromatic rings. The maximum Gasteiger partial charge on any atom is 0.309 e. The Morgan fingerprint density at radius 3 is 2.36 bits per heavy atom. The number of hydrogen-bond donors (Lipinski definition) is 2. The summed E-state index contributed by atoms with van der Waals surface area (Å²) in [4.78, 5) is 37.3. The number of esters is 2. The van der Waals surface area contributed by atoms with E-state index in [1.807, 2.05) is 26.8 Å². The van der Waals surface area contributed by atoms with Crippen LogP contribution >= 0.6 is 23.2 Å². The van der Waals surface area contributed by atoms with Crippen molar-refractivity contribution in [1.82, 2.24) is 5.32 Å². The quantitative estimate of drug-likeness (QED) is 0.393. The van der Waals surface area contributed by atoms with E-state index >= 15 is 0 Å². The molecule has 36 heavy (non-hydrogen) atoms. The van der Waals surface area contributed by atoms with Crippen LogP contribution in [0.2, 0.25) is 10.0 Å². The summed E-state index contributed by atoms with van der Waals surface area (Å²) < 4.78 is 11.4. The molecule has 4 rings (SSSR count). The summed E-state index contributed by atoms with van der Waals surface area (Å²) in [5, 5.41) is 7.48. The molecule has 0 radical (unpaired) electrons. The molecule has 2 aromatic carbocycles. The maximum absolute atomic E-state index is 12.6. The Morgan fingerprint density at radius 1 is 1.03 bits per heavy atom. The predicted octanol–water partition coefficient (Wildman–Crippen LogP) is 5.40. The fourth-order valence-corrected chi connectivity index (χ4v) is 5.08. The molecule has 0 aliphatic carbocycles. The van der Waals surface area contributed by atoms with Gasteiger partial charge in [-0.2, -0.15) is 0 Å². The van der Waals surface area contributed by atoms with Crippen molar-refractivity contribution in [2.45, 2.75) is 58.8 Å². The highest BCUT2D eigenvalue weighted by Gasteiger charge is 2.46. The standard InChI is InChI=1S/C27H30Cl2N2O5/c1-26(2,3)13-22(32)18-5-4-16(12-21(18)29)14-31-25-17-10-11-30-15-27(19(17)6-7-20(25)28)35-23(33)8-9-24(34)36-27/h4-7,12,30-31H,8-11,13-15H2,1-3H3. The van der Waals surface area contributed by atoms with Gasteiger partial charge in [0.25, 0.3) is 5.79 Å². The SMILES string of the molecule is CC(C)(C)CC(=O)c1ccc(CNc2c(Cl)ccc3c2CCNCC32OC(=O)CCC(=O)O2)cc1Cl. The first kappa shape index (κ1) is 26.5. The van der Waals surface area contributed by atoms with Gasteiger partial charge in [0.2, 0.25) is 0 Å².